The van der Waals surface area contributed by atoms with Crippen molar-refractivity contribution >= 4 is 35.7 Å². The molecule has 0 aliphatic heterocycles. The average molecular weight is 600 g/mol. The molecule has 0 unspecified atom stereocenters. The Morgan fingerprint density at radius 3 is 1.61 bits per heavy atom. The molecule has 0 aromatic heterocycles. The molecule has 33 heavy (non-hydrogen) atoms. The number of benzene rings is 1. The predicted octanol–water partition coefficient (Wildman–Crippen LogP) is 8.65. The Bertz CT molecular complexity index is 625. The third kappa shape index (κ3) is 10.2. The van der Waals surface area contributed by atoms with Gasteiger partial charge < -0.3 is 13.5 Å². The molecule has 191 valence electrons. The maximum Gasteiger partial charge on any atom is -0.813 e. The molecule has 0 atom stereocenters. The molecule has 0 amide bonds. The molecule has 3 fully saturated rings. The molecule has 0 spiro atoms. The summed E-state index contributed by atoms with van der Waals surface area (Å²) in [5.74, 6) is 1.05. The zero-order valence-electron chi connectivity index (χ0n) is 20.9. The Labute approximate surface area is 223 Å². The zero-order chi connectivity index (χ0) is 22.6. The number of aliphatic hydroxyl groups is 1. The van der Waals surface area contributed by atoms with E-state index in [1.165, 1.54) is 17.0 Å². The maximum absolute atomic E-state index is 5.74. The minimum Gasteiger partial charge on any atom is -0.813 e. The Kier molecular flexibility index (Phi) is 15.5. The van der Waals surface area contributed by atoms with Gasteiger partial charge in [0.1, 0.15) is 0 Å². The van der Waals surface area contributed by atoms with Crippen molar-refractivity contribution in [1.82, 2.24) is 0 Å². The summed E-state index contributed by atoms with van der Waals surface area (Å²) >= 11 is -0.171. The first-order valence-corrected chi connectivity index (χ1v) is 18.4. The summed E-state index contributed by atoms with van der Waals surface area (Å²) in [4.78, 5) is 0. The van der Waals surface area contributed by atoms with Crippen molar-refractivity contribution in [2.24, 2.45) is 0 Å². The minimum atomic E-state index is -0.171. The van der Waals surface area contributed by atoms with Crippen LogP contribution in [0.4, 0.5) is 0 Å². The van der Waals surface area contributed by atoms with Gasteiger partial charge >= 0.3 is 90.3 Å². The maximum atomic E-state index is 5.74. The minimum absolute atomic E-state index is 0. The first-order valence-electron chi connectivity index (χ1n) is 13.4. The van der Waals surface area contributed by atoms with Crippen LogP contribution in [0.5, 0.6) is 5.75 Å². The molecule has 1 nitrogen and oxygen atoms in total. The van der Waals surface area contributed by atoms with Gasteiger partial charge in [-0.3, -0.25) is 0 Å². The third-order valence-electron chi connectivity index (χ3n) is 7.71. The zero-order valence-corrected chi connectivity index (χ0v) is 25.3. The quantitative estimate of drug-likeness (QED) is 0.105. The molecule has 1 aromatic carbocycles. The first kappa shape index (κ1) is 29.8. The monoisotopic (exact) mass is 600 g/mol. The fourth-order valence-electron chi connectivity index (χ4n) is 6.32. The van der Waals surface area contributed by atoms with Crippen molar-refractivity contribution in [3.05, 3.63) is 29.8 Å². The van der Waals surface area contributed by atoms with Crippen molar-refractivity contribution in [3.63, 3.8) is 0 Å². The number of hydrogen-bond donors (Lipinski definition) is 0. The van der Waals surface area contributed by atoms with Crippen molar-refractivity contribution < 1.29 is 20.4 Å². The van der Waals surface area contributed by atoms with Gasteiger partial charge in [0, 0.05) is 7.92 Å². The number of halogens is 1. The standard InChI is InChI=1S/C18H33P.C10H12O.ClH.Ru.H2S/c1-4-10-16(11-5-1)19(17-12-6-2-7-13-17)18-14-8-3-9-15-18;1-8(2)11-10-7-5-4-6-9(10)3;;;/h16-18H,1-15H2;3-8H,1-2H3;1H;;1H2/q;;;+1;. The Balaban J connectivity index is 0.000000244. The van der Waals surface area contributed by atoms with Crippen molar-refractivity contribution in [2.75, 3.05) is 0 Å². The van der Waals surface area contributed by atoms with E-state index in [9.17, 15) is 0 Å². The van der Waals surface area contributed by atoms with E-state index in [2.05, 4.69) is 29.3 Å². The third-order valence-corrected chi connectivity index (χ3v) is 13.5. The molecular weight excluding hydrogens is 552 g/mol. The van der Waals surface area contributed by atoms with Crippen LogP contribution in [0.2, 0.25) is 0 Å². The summed E-state index contributed by atoms with van der Waals surface area (Å²) in [6.07, 6.45) is 24.1. The van der Waals surface area contributed by atoms with E-state index < -0.39 is 0 Å². The molecule has 3 aliphatic rings. The topological polar surface area (TPSA) is 12.8 Å². The second kappa shape index (κ2) is 17.1. The van der Waals surface area contributed by atoms with E-state index in [0.29, 0.717) is 6.10 Å². The fourth-order valence-corrected chi connectivity index (χ4v) is 12.7. The van der Waals surface area contributed by atoms with Gasteiger partial charge in [-0.2, -0.15) is 0 Å². The normalized spacial score (nSPS) is 21.2. The van der Waals surface area contributed by atoms with Crippen LogP contribution in [0, 0.1) is 0 Å². The second-order valence-electron chi connectivity index (χ2n) is 10.5. The molecule has 4 rings (SSSR count). The Hall–Kier alpha value is 0.583. The molecule has 3 aliphatic carbocycles. The van der Waals surface area contributed by atoms with Gasteiger partial charge in [0.25, 0.3) is 0 Å². The summed E-state index contributed by atoms with van der Waals surface area (Å²) < 4.78 is 6.57. The van der Waals surface area contributed by atoms with Crippen LogP contribution in [-0.2, 0) is 29.2 Å². The summed E-state index contributed by atoms with van der Waals surface area (Å²) in [5, 5.41) is 0. The van der Waals surface area contributed by atoms with Gasteiger partial charge in [-0.1, -0.05) is 19.3 Å². The van der Waals surface area contributed by atoms with E-state index >= 15 is 0 Å². The van der Waals surface area contributed by atoms with Gasteiger partial charge in [0.15, 0.2) is 0 Å². The molecule has 0 saturated heterocycles. The molecule has 0 bridgehead atoms. The SMILES string of the molecule is C1CCC([PH+](C2CCCCC2)C2CCCCC2)CC1.CC(C)[OH+]c1ccccc1[CH]=[Ru][Cl].[SH-]. The summed E-state index contributed by atoms with van der Waals surface area (Å²) in [6, 6.07) is 8.10. The van der Waals surface area contributed by atoms with Gasteiger partial charge in [-0.25, -0.2) is 0 Å². The second-order valence-corrected chi connectivity index (χ2v) is 15.7. The Morgan fingerprint density at radius 2 is 1.21 bits per heavy atom. The number of aromatic hydroxyl groups is 1. The predicted molar refractivity (Wildman–Crippen MR) is 152 cm³/mol. The molecule has 3 saturated carbocycles. The van der Waals surface area contributed by atoms with Crippen LogP contribution in [0.1, 0.15) is 116 Å². The van der Waals surface area contributed by atoms with Crippen LogP contribution >= 0.6 is 17.6 Å². The molecular formula is C28H48ClOPRuS+. The smallest absolute Gasteiger partial charge is 0.813 e. The number of thiol groups is 1. The van der Waals surface area contributed by atoms with Crippen LogP contribution in [0.25, 0.3) is 0 Å². The van der Waals surface area contributed by atoms with Crippen molar-refractivity contribution in [3.8, 4) is 5.75 Å². The number of para-hydroxylation sites is 1. The van der Waals surface area contributed by atoms with E-state index in [-0.39, 0.29) is 37.1 Å². The van der Waals surface area contributed by atoms with Crippen LogP contribution < -0.4 is 0 Å². The largest absolute Gasteiger partial charge is 0.813 e. The summed E-state index contributed by atoms with van der Waals surface area (Å²) in [6.45, 7) is 4.15. The molecule has 0 radical (unpaired) electrons. The van der Waals surface area contributed by atoms with E-state index in [1.54, 1.807) is 96.3 Å². The molecule has 5 heteroatoms. The number of hydrogen-bond acceptors (Lipinski definition) is 1. The van der Waals surface area contributed by atoms with Gasteiger partial charge in [0.2, 0.25) is 0 Å². The Morgan fingerprint density at radius 1 is 0.788 bits per heavy atom. The van der Waals surface area contributed by atoms with Crippen molar-refractivity contribution in [1.29, 1.82) is 0 Å². The van der Waals surface area contributed by atoms with Crippen molar-refractivity contribution in [2.45, 2.75) is 133 Å². The van der Waals surface area contributed by atoms with Crippen LogP contribution in [0.3, 0.4) is 0 Å². The van der Waals surface area contributed by atoms with E-state index in [4.69, 9.17) is 9.69 Å². The molecule has 1 N–H and O–H groups in total. The number of ether oxygens (including phenoxy) is 1. The van der Waals surface area contributed by atoms with E-state index in [1.807, 2.05) is 18.2 Å². The number of rotatable bonds is 6. The average Bonchev–Trinajstić information content (AvgIpc) is 2.83. The van der Waals surface area contributed by atoms with Crippen LogP contribution in [-0.4, -0.2) is 32.4 Å². The van der Waals surface area contributed by atoms with Gasteiger partial charge in [0.05, 0.1) is 17.0 Å². The first-order chi connectivity index (χ1) is 15.7. The summed E-state index contributed by atoms with van der Waals surface area (Å²) in [7, 11) is 5.69. The van der Waals surface area contributed by atoms with Gasteiger partial charge in [-0.05, 0) is 77.0 Å². The van der Waals surface area contributed by atoms with Gasteiger partial charge in [-0.15, -0.1) is 0 Å². The molecule has 0 heterocycles. The summed E-state index contributed by atoms with van der Waals surface area (Å²) in [5.41, 5.74) is 4.84. The van der Waals surface area contributed by atoms with E-state index in [0.717, 1.165) is 11.3 Å². The molecule has 1 aromatic rings. The van der Waals surface area contributed by atoms with Crippen LogP contribution in [0.15, 0.2) is 24.3 Å². The fraction of sp³-hybridized carbons (Fsp3) is 0.750.